The van der Waals surface area contributed by atoms with E-state index in [1.807, 2.05) is 6.92 Å². The van der Waals surface area contributed by atoms with E-state index in [1.54, 1.807) is 6.08 Å². The molecule has 0 radical (unpaired) electrons. The second-order valence-corrected chi connectivity index (χ2v) is 10.4. The lowest BCUT2D eigenvalue weighted by Crippen LogP contribution is -2.70. The summed E-state index contributed by atoms with van der Waals surface area (Å²) in [5.74, 6) is -0.227. The number of fused-ring (bicyclic) bond motifs is 3. The Morgan fingerprint density at radius 2 is 1.85 bits per heavy atom. The molecular weight excluding hydrogens is 328 g/mol. The number of ether oxygens (including phenoxy) is 1. The molecule has 0 amide bonds. The molecule has 3 saturated carbocycles. The van der Waals surface area contributed by atoms with E-state index in [9.17, 15) is 15.0 Å². The smallest absolute Gasteiger partial charge is 0.303 e. The molecule has 0 heterocycles. The maximum atomic E-state index is 11.7. The van der Waals surface area contributed by atoms with Crippen LogP contribution >= 0.6 is 0 Å². The zero-order valence-corrected chi connectivity index (χ0v) is 17.0. The molecule has 148 valence electrons. The van der Waals surface area contributed by atoms with E-state index in [1.165, 1.54) is 13.3 Å². The van der Waals surface area contributed by atoms with Gasteiger partial charge in [-0.25, -0.2) is 0 Å². The molecule has 3 aliphatic carbocycles. The van der Waals surface area contributed by atoms with E-state index >= 15 is 0 Å². The van der Waals surface area contributed by atoms with Gasteiger partial charge in [-0.05, 0) is 48.9 Å². The predicted octanol–water partition coefficient (Wildman–Crippen LogP) is 3.85. The fourth-order valence-electron chi connectivity index (χ4n) is 7.23. The summed E-state index contributed by atoms with van der Waals surface area (Å²) in [6.45, 7) is 14.1. The van der Waals surface area contributed by atoms with Gasteiger partial charge in [0.25, 0.3) is 0 Å². The third kappa shape index (κ3) is 2.75. The van der Waals surface area contributed by atoms with E-state index < -0.39 is 29.2 Å². The average molecular weight is 365 g/mol. The van der Waals surface area contributed by atoms with E-state index in [4.69, 9.17) is 4.74 Å². The number of hydrogen-bond donors (Lipinski definition) is 2. The first-order valence-electron chi connectivity index (χ1n) is 10.1. The van der Waals surface area contributed by atoms with E-state index in [2.05, 4.69) is 27.4 Å². The van der Waals surface area contributed by atoms with Crippen molar-refractivity contribution in [3.63, 3.8) is 0 Å². The number of hydrogen-bond acceptors (Lipinski definition) is 4. The Kier molecular flexibility index (Phi) is 4.64. The van der Waals surface area contributed by atoms with Gasteiger partial charge in [-0.2, -0.15) is 0 Å². The first-order chi connectivity index (χ1) is 11.9. The van der Waals surface area contributed by atoms with Crippen molar-refractivity contribution < 1.29 is 19.7 Å². The standard InChI is InChI=1S/C22H36O4/c1-7-20(5)13-22(25)12-9-15-19(3,4)10-8-11-21(15,6)17(22)16(24)18(20)26-14(2)23/h7,15-18,24-25H,1,8-13H2,2-6H3. The van der Waals surface area contributed by atoms with Gasteiger partial charge in [0.2, 0.25) is 0 Å². The quantitative estimate of drug-likeness (QED) is 0.577. The first kappa shape index (κ1) is 19.9. The second-order valence-electron chi connectivity index (χ2n) is 10.4. The van der Waals surface area contributed by atoms with Crippen LogP contribution in [0.15, 0.2) is 12.7 Å². The van der Waals surface area contributed by atoms with Crippen LogP contribution in [0.5, 0.6) is 0 Å². The molecule has 0 aromatic heterocycles. The minimum Gasteiger partial charge on any atom is -0.459 e. The highest BCUT2D eigenvalue weighted by molar-refractivity contribution is 5.66. The van der Waals surface area contributed by atoms with Gasteiger partial charge < -0.3 is 14.9 Å². The maximum Gasteiger partial charge on any atom is 0.303 e. The molecule has 0 saturated heterocycles. The molecule has 0 bridgehead atoms. The monoisotopic (exact) mass is 364 g/mol. The summed E-state index contributed by atoms with van der Waals surface area (Å²) < 4.78 is 5.61. The number of aliphatic hydroxyl groups excluding tert-OH is 1. The zero-order chi connectivity index (χ0) is 19.5. The Bertz CT molecular complexity index is 599. The lowest BCUT2D eigenvalue weighted by molar-refractivity contribution is -0.269. The van der Waals surface area contributed by atoms with Crippen LogP contribution < -0.4 is 0 Å². The molecular formula is C22H36O4. The Morgan fingerprint density at radius 3 is 2.42 bits per heavy atom. The molecule has 3 aliphatic rings. The van der Waals surface area contributed by atoms with E-state index in [-0.39, 0.29) is 16.7 Å². The number of aliphatic hydroxyl groups is 2. The molecule has 3 rings (SSSR count). The van der Waals surface area contributed by atoms with Gasteiger partial charge >= 0.3 is 5.97 Å². The summed E-state index contributed by atoms with van der Waals surface area (Å²) in [6.07, 6.45) is 5.64. The Balaban J connectivity index is 2.07. The summed E-state index contributed by atoms with van der Waals surface area (Å²) in [7, 11) is 0. The zero-order valence-electron chi connectivity index (χ0n) is 17.0. The topological polar surface area (TPSA) is 66.8 Å². The van der Waals surface area contributed by atoms with Crippen molar-refractivity contribution in [1.82, 2.24) is 0 Å². The number of carbonyl (C=O) groups is 1. The molecule has 2 N–H and O–H groups in total. The molecule has 7 atom stereocenters. The van der Waals surface area contributed by atoms with Crippen LogP contribution in [-0.4, -0.2) is 34.0 Å². The van der Waals surface area contributed by atoms with Gasteiger partial charge in [0.05, 0.1) is 11.7 Å². The summed E-state index contributed by atoms with van der Waals surface area (Å²) in [5.41, 5.74) is -1.54. The van der Waals surface area contributed by atoms with Crippen molar-refractivity contribution in [3.8, 4) is 0 Å². The van der Waals surface area contributed by atoms with Crippen LogP contribution in [0.4, 0.5) is 0 Å². The third-order valence-electron chi connectivity index (χ3n) is 8.18. The molecule has 3 fully saturated rings. The lowest BCUT2D eigenvalue weighted by atomic mass is 9.41. The Hall–Kier alpha value is -0.870. The van der Waals surface area contributed by atoms with Gasteiger partial charge in [0.15, 0.2) is 0 Å². The average Bonchev–Trinajstić information content (AvgIpc) is 2.49. The van der Waals surface area contributed by atoms with Gasteiger partial charge in [-0.15, -0.1) is 6.58 Å². The van der Waals surface area contributed by atoms with Gasteiger partial charge in [-0.1, -0.05) is 40.2 Å². The lowest BCUT2D eigenvalue weighted by Gasteiger charge is -2.66. The fourth-order valence-corrected chi connectivity index (χ4v) is 7.23. The number of carbonyl (C=O) groups excluding carboxylic acids is 1. The summed E-state index contributed by atoms with van der Waals surface area (Å²) in [6, 6.07) is 0. The van der Waals surface area contributed by atoms with Crippen LogP contribution in [0.1, 0.15) is 73.1 Å². The summed E-state index contributed by atoms with van der Waals surface area (Å²) in [4.78, 5) is 11.7. The fraction of sp³-hybridized carbons (Fsp3) is 0.864. The SMILES string of the molecule is C=CC1(C)CC2(O)CCC3C(C)(C)CCCC3(C)C2C(O)C1OC(C)=O. The van der Waals surface area contributed by atoms with Crippen LogP contribution in [0.25, 0.3) is 0 Å². The van der Waals surface area contributed by atoms with Crippen LogP contribution in [0.2, 0.25) is 0 Å². The van der Waals surface area contributed by atoms with Crippen LogP contribution in [0.3, 0.4) is 0 Å². The predicted molar refractivity (Wildman–Crippen MR) is 101 cm³/mol. The highest BCUT2D eigenvalue weighted by Crippen LogP contribution is 2.66. The van der Waals surface area contributed by atoms with Crippen molar-refractivity contribution in [1.29, 1.82) is 0 Å². The maximum absolute atomic E-state index is 11.7. The van der Waals surface area contributed by atoms with E-state index in [0.29, 0.717) is 18.8 Å². The van der Waals surface area contributed by atoms with Crippen LogP contribution in [0, 0.1) is 28.1 Å². The second kappa shape index (κ2) is 6.07. The minimum atomic E-state index is -0.947. The largest absolute Gasteiger partial charge is 0.459 e. The van der Waals surface area contributed by atoms with Crippen molar-refractivity contribution in [3.05, 3.63) is 12.7 Å². The summed E-state index contributed by atoms with van der Waals surface area (Å²) in [5, 5.41) is 23.1. The highest BCUT2D eigenvalue weighted by atomic mass is 16.6. The van der Waals surface area contributed by atoms with Gasteiger partial charge in [0, 0.05) is 18.3 Å². The molecule has 0 aromatic rings. The van der Waals surface area contributed by atoms with Gasteiger partial charge in [-0.3, -0.25) is 4.79 Å². The Labute approximate surface area is 158 Å². The summed E-state index contributed by atoms with van der Waals surface area (Å²) >= 11 is 0. The van der Waals surface area contributed by atoms with Crippen molar-refractivity contribution in [2.24, 2.45) is 28.1 Å². The normalized spacial score (nSPS) is 50.3. The molecule has 4 heteroatoms. The van der Waals surface area contributed by atoms with Crippen molar-refractivity contribution in [2.45, 2.75) is 91.0 Å². The molecule has 4 nitrogen and oxygen atoms in total. The van der Waals surface area contributed by atoms with E-state index in [0.717, 1.165) is 19.3 Å². The van der Waals surface area contributed by atoms with Crippen molar-refractivity contribution in [2.75, 3.05) is 0 Å². The minimum absolute atomic E-state index is 0.158. The Morgan fingerprint density at radius 1 is 1.19 bits per heavy atom. The molecule has 26 heavy (non-hydrogen) atoms. The number of rotatable bonds is 2. The molecule has 7 unspecified atom stereocenters. The van der Waals surface area contributed by atoms with Crippen LogP contribution in [-0.2, 0) is 9.53 Å². The van der Waals surface area contributed by atoms with Gasteiger partial charge in [0.1, 0.15) is 6.10 Å². The molecule has 0 spiro atoms. The number of esters is 1. The first-order valence-corrected chi connectivity index (χ1v) is 10.1. The highest BCUT2D eigenvalue weighted by Gasteiger charge is 2.67. The molecule has 0 aromatic carbocycles. The third-order valence-corrected chi connectivity index (χ3v) is 8.18. The molecule has 0 aliphatic heterocycles. The van der Waals surface area contributed by atoms with Crippen molar-refractivity contribution >= 4 is 5.97 Å².